The zero-order chi connectivity index (χ0) is 20.9. The molecule has 0 radical (unpaired) electrons. The van der Waals surface area contributed by atoms with Crippen LogP contribution in [-0.4, -0.2) is 32.7 Å². The van der Waals surface area contributed by atoms with Gasteiger partial charge in [-0.15, -0.1) is 35.3 Å². The molecule has 0 aliphatic heterocycles. The third-order valence-electron chi connectivity index (χ3n) is 4.35. The Morgan fingerprint density at radius 2 is 1.80 bits per heavy atom. The van der Waals surface area contributed by atoms with Crippen molar-refractivity contribution in [3.63, 3.8) is 0 Å². The zero-order valence-corrected chi connectivity index (χ0v) is 21.0. The highest BCUT2D eigenvalue weighted by Gasteiger charge is 2.11. The fourth-order valence-electron chi connectivity index (χ4n) is 2.94. The Bertz CT molecular complexity index is 1110. The minimum atomic E-state index is -3.21. The van der Waals surface area contributed by atoms with E-state index in [1.807, 2.05) is 42.5 Å². The van der Waals surface area contributed by atoms with E-state index < -0.39 is 9.84 Å². The summed E-state index contributed by atoms with van der Waals surface area (Å²) in [7, 11) is -1.49. The van der Waals surface area contributed by atoms with Gasteiger partial charge in [-0.25, -0.2) is 13.4 Å². The van der Waals surface area contributed by atoms with Crippen molar-refractivity contribution in [1.82, 2.24) is 15.6 Å². The van der Waals surface area contributed by atoms with Crippen molar-refractivity contribution < 1.29 is 8.42 Å². The smallest absolute Gasteiger partial charge is 0.191 e. The number of thiazole rings is 1. The van der Waals surface area contributed by atoms with E-state index >= 15 is 0 Å². The first-order chi connectivity index (χ1) is 13.9. The molecule has 2 aromatic carbocycles. The number of nitrogens with one attached hydrogen (secondary N) is 2. The SMILES string of the molecule is CN=C(NCc1ccc(S(C)(=O)=O)c(C)c1)NCc1nc(-c2ccccc2)cs1.I. The third kappa shape index (κ3) is 6.51. The number of guanidine groups is 1. The van der Waals surface area contributed by atoms with Crippen LogP contribution in [0.2, 0.25) is 0 Å². The molecule has 0 saturated carbocycles. The second-order valence-electron chi connectivity index (χ2n) is 6.64. The summed E-state index contributed by atoms with van der Waals surface area (Å²) in [6.45, 7) is 2.92. The van der Waals surface area contributed by atoms with E-state index in [0.29, 0.717) is 23.9 Å². The highest BCUT2D eigenvalue weighted by Crippen LogP contribution is 2.21. The second-order valence-corrected chi connectivity index (χ2v) is 9.57. The predicted molar refractivity (Wildman–Crippen MR) is 134 cm³/mol. The van der Waals surface area contributed by atoms with E-state index in [9.17, 15) is 8.42 Å². The van der Waals surface area contributed by atoms with Crippen LogP contribution in [0.4, 0.5) is 0 Å². The summed E-state index contributed by atoms with van der Waals surface area (Å²) in [6.07, 6.45) is 1.22. The highest BCUT2D eigenvalue weighted by atomic mass is 127. The van der Waals surface area contributed by atoms with Crippen LogP contribution in [0.15, 0.2) is 63.8 Å². The molecule has 30 heavy (non-hydrogen) atoms. The number of rotatable bonds is 6. The number of aryl methyl sites for hydroxylation is 1. The van der Waals surface area contributed by atoms with Gasteiger partial charge < -0.3 is 10.6 Å². The van der Waals surface area contributed by atoms with Gasteiger partial charge in [0.25, 0.3) is 0 Å². The minimum Gasteiger partial charge on any atom is -0.352 e. The number of aliphatic imine (C=N–C) groups is 1. The number of nitrogens with zero attached hydrogens (tertiary/aromatic N) is 2. The standard InChI is InChI=1S/C21H24N4O2S2.HI/c1-15-11-16(9-10-19(15)29(3,26)27)12-23-21(22-2)24-13-20-25-18(14-28-20)17-7-5-4-6-8-17;/h4-11,14H,12-13H2,1-3H3,(H2,22,23,24);1H. The largest absolute Gasteiger partial charge is 0.352 e. The molecule has 0 fully saturated rings. The van der Waals surface area contributed by atoms with Crippen LogP contribution in [0.25, 0.3) is 11.3 Å². The quantitative estimate of drug-likeness (QED) is 0.273. The normalized spacial score (nSPS) is 11.6. The van der Waals surface area contributed by atoms with Gasteiger partial charge in [0.15, 0.2) is 15.8 Å². The number of halogens is 1. The van der Waals surface area contributed by atoms with Gasteiger partial charge in [-0.2, -0.15) is 0 Å². The number of hydrogen-bond acceptors (Lipinski definition) is 5. The molecule has 0 bridgehead atoms. The maximum absolute atomic E-state index is 11.7. The lowest BCUT2D eigenvalue weighted by Crippen LogP contribution is -2.36. The first-order valence-corrected chi connectivity index (χ1v) is 11.9. The topological polar surface area (TPSA) is 83.5 Å². The van der Waals surface area contributed by atoms with Gasteiger partial charge >= 0.3 is 0 Å². The van der Waals surface area contributed by atoms with Gasteiger partial charge in [0.1, 0.15) is 5.01 Å². The Morgan fingerprint density at radius 3 is 2.43 bits per heavy atom. The van der Waals surface area contributed by atoms with Crippen LogP contribution >= 0.6 is 35.3 Å². The number of benzene rings is 2. The molecule has 0 aliphatic carbocycles. The van der Waals surface area contributed by atoms with E-state index in [1.165, 1.54) is 6.26 Å². The molecule has 0 saturated heterocycles. The Morgan fingerprint density at radius 1 is 1.10 bits per heavy atom. The highest BCUT2D eigenvalue weighted by molar-refractivity contribution is 14.0. The molecular weight excluding hydrogens is 531 g/mol. The molecule has 0 aliphatic rings. The predicted octanol–water partition coefficient (Wildman–Crippen LogP) is 4.01. The second kappa shape index (κ2) is 10.9. The molecule has 3 rings (SSSR count). The van der Waals surface area contributed by atoms with Gasteiger partial charge in [0, 0.05) is 30.8 Å². The summed E-state index contributed by atoms with van der Waals surface area (Å²) >= 11 is 1.60. The van der Waals surface area contributed by atoms with Crippen molar-refractivity contribution in [3.05, 3.63) is 70.0 Å². The van der Waals surface area contributed by atoms with Crippen LogP contribution in [-0.2, 0) is 22.9 Å². The molecule has 0 amide bonds. The van der Waals surface area contributed by atoms with Gasteiger partial charge in [0.2, 0.25) is 0 Å². The van der Waals surface area contributed by atoms with Gasteiger partial charge in [-0.3, -0.25) is 4.99 Å². The zero-order valence-electron chi connectivity index (χ0n) is 17.0. The van der Waals surface area contributed by atoms with Gasteiger partial charge in [-0.1, -0.05) is 42.5 Å². The van der Waals surface area contributed by atoms with E-state index in [4.69, 9.17) is 0 Å². The fraction of sp³-hybridized carbons (Fsp3) is 0.238. The molecule has 0 unspecified atom stereocenters. The summed E-state index contributed by atoms with van der Waals surface area (Å²) in [4.78, 5) is 9.27. The summed E-state index contributed by atoms with van der Waals surface area (Å²) in [5.41, 5.74) is 3.80. The molecule has 160 valence electrons. The van der Waals surface area contributed by atoms with Gasteiger partial charge in [-0.05, 0) is 24.1 Å². The Balaban J connectivity index is 0.00000320. The number of aromatic nitrogens is 1. The first-order valence-electron chi connectivity index (χ1n) is 9.11. The molecule has 3 aromatic rings. The average molecular weight is 556 g/mol. The van der Waals surface area contributed by atoms with E-state index in [-0.39, 0.29) is 24.0 Å². The molecule has 1 heterocycles. The monoisotopic (exact) mass is 556 g/mol. The van der Waals surface area contributed by atoms with Crippen molar-refractivity contribution in [1.29, 1.82) is 0 Å². The summed E-state index contributed by atoms with van der Waals surface area (Å²) in [5.74, 6) is 0.659. The molecular formula is C21H25IN4O2S2. The molecule has 6 nitrogen and oxygen atoms in total. The number of sulfone groups is 1. The van der Waals surface area contributed by atoms with Crippen molar-refractivity contribution in [3.8, 4) is 11.3 Å². The van der Waals surface area contributed by atoms with Crippen molar-refractivity contribution >= 4 is 51.1 Å². The Kier molecular flexibility index (Phi) is 8.80. The minimum absolute atomic E-state index is 0. The van der Waals surface area contributed by atoms with Crippen molar-refractivity contribution in [2.45, 2.75) is 24.9 Å². The number of hydrogen-bond donors (Lipinski definition) is 2. The lowest BCUT2D eigenvalue weighted by molar-refractivity contribution is 0.601. The molecule has 1 aromatic heterocycles. The molecule has 2 N–H and O–H groups in total. The van der Waals surface area contributed by atoms with Crippen molar-refractivity contribution in [2.75, 3.05) is 13.3 Å². The first kappa shape index (κ1) is 24.3. The molecule has 0 spiro atoms. The molecule has 9 heteroatoms. The Labute approximate surface area is 198 Å². The van der Waals surface area contributed by atoms with Crippen molar-refractivity contribution in [2.24, 2.45) is 4.99 Å². The average Bonchev–Trinajstić information content (AvgIpc) is 3.17. The maximum Gasteiger partial charge on any atom is 0.191 e. The van der Waals surface area contributed by atoms with Gasteiger partial charge in [0.05, 0.1) is 17.1 Å². The molecule has 0 atom stereocenters. The lowest BCUT2D eigenvalue weighted by atomic mass is 10.1. The van der Waals surface area contributed by atoms with Crippen LogP contribution in [0.5, 0.6) is 0 Å². The summed E-state index contributed by atoms with van der Waals surface area (Å²) in [6, 6.07) is 15.4. The fourth-order valence-corrected chi connectivity index (χ4v) is 4.64. The lowest BCUT2D eigenvalue weighted by Gasteiger charge is -2.12. The Hall–Kier alpha value is -1.98. The summed E-state index contributed by atoms with van der Waals surface area (Å²) in [5, 5.41) is 9.53. The van der Waals surface area contributed by atoms with Crippen LogP contribution in [0.3, 0.4) is 0 Å². The van der Waals surface area contributed by atoms with E-state index in [1.54, 1.807) is 31.4 Å². The van der Waals surface area contributed by atoms with Crippen LogP contribution in [0.1, 0.15) is 16.1 Å². The van der Waals surface area contributed by atoms with Crippen LogP contribution in [0, 0.1) is 6.92 Å². The summed E-state index contributed by atoms with van der Waals surface area (Å²) < 4.78 is 23.5. The van der Waals surface area contributed by atoms with E-state index in [2.05, 4.69) is 26.0 Å². The van der Waals surface area contributed by atoms with E-state index in [0.717, 1.165) is 27.4 Å². The maximum atomic E-state index is 11.7. The third-order valence-corrected chi connectivity index (χ3v) is 6.46. The van der Waals surface area contributed by atoms with Crippen LogP contribution < -0.4 is 10.6 Å².